The molecule has 1 spiro atoms. The largest absolute Gasteiger partial charge is 0.378 e. The van der Waals surface area contributed by atoms with Crippen molar-refractivity contribution in [1.29, 1.82) is 0 Å². The van der Waals surface area contributed by atoms with E-state index in [1.807, 2.05) is 62.4 Å². The lowest BCUT2D eigenvalue weighted by Crippen LogP contribution is -2.71. The number of carbonyl (C=O) groups excluding carboxylic acids is 1. The molecular weight excluding hydrogens is 412 g/mol. The monoisotopic (exact) mass is 438 g/mol. The molecule has 0 unspecified atom stereocenters. The molecule has 2 aromatic rings. The predicted molar refractivity (Wildman–Crippen MR) is 114 cm³/mol. The summed E-state index contributed by atoms with van der Waals surface area (Å²) in [6.07, 6.45) is -0.899. The second kappa shape index (κ2) is 8.38. The summed E-state index contributed by atoms with van der Waals surface area (Å²) in [4.78, 5) is 32.4. The number of Topliss-reactive ketones (excluding diaryl/α,β-unsaturated/α-hetero) is 1. The lowest BCUT2D eigenvalue weighted by atomic mass is 9.67. The number of ketones is 1. The molecule has 4 atom stereocenters. The van der Waals surface area contributed by atoms with Crippen molar-refractivity contribution in [3.63, 3.8) is 0 Å². The summed E-state index contributed by atoms with van der Waals surface area (Å²) >= 11 is 0. The van der Waals surface area contributed by atoms with Gasteiger partial charge in [-0.25, -0.2) is 9.68 Å². The van der Waals surface area contributed by atoms with Gasteiger partial charge in [0, 0.05) is 30.8 Å². The molecule has 168 valence electrons. The molecule has 32 heavy (non-hydrogen) atoms. The predicted octanol–water partition coefficient (Wildman–Crippen LogP) is 3.48. The Kier molecular flexibility index (Phi) is 5.56. The smallest absolute Gasteiger partial charge is 0.233 e. The first-order valence-electron chi connectivity index (χ1n) is 10.9. The molecule has 0 N–H and O–H groups in total. The van der Waals surface area contributed by atoms with Crippen molar-refractivity contribution in [3.05, 3.63) is 71.8 Å². The van der Waals surface area contributed by atoms with Crippen LogP contribution in [0.1, 0.15) is 42.6 Å². The van der Waals surface area contributed by atoms with Gasteiger partial charge in [-0.1, -0.05) is 65.8 Å². The minimum atomic E-state index is -1.41. The maximum atomic E-state index is 14.1. The van der Waals surface area contributed by atoms with E-state index in [2.05, 4.69) is 5.16 Å². The van der Waals surface area contributed by atoms with E-state index in [0.29, 0.717) is 30.9 Å². The molecule has 3 heterocycles. The van der Waals surface area contributed by atoms with E-state index in [1.54, 1.807) is 12.1 Å². The Morgan fingerprint density at radius 2 is 1.56 bits per heavy atom. The van der Waals surface area contributed by atoms with Crippen LogP contribution in [-0.4, -0.2) is 53.7 Å². The molecule has 5 rings (SSSR count). The average Bonchev–Trinajstić information content (AvgIpc) is 3.36. The fraction of sp³-hybridized carbons (Fsp3) is 0.417. The number of rotatable bonds is 7. The van der Waals surface area contributed by atoms with Crippen LogP contribution in [0.2, 0.25) is 0 Å². The molecule has 3 aliphatic heterocycles. The van der Waals surface area contributed by atoms with Crippen molar-refractivity contribution in [1.82, 2.24) is 5.23 Å². The third-order valence-corrected chi connectivity index (χ3v) is 6.16. The Bertz CT molecular complexity index is 1000. The Hall–Kier alpha value is -2.62. The SMILES string of the molecule is CCO[C@H]1C[C@@]2(C(=O)c3ccccc3)ON=C(c3ccccc3)[C@]23C[C@@H](OCC)ON3O1. The Morgan fingerprint density at radius 1 is 0.969 bits per heavy atom. The maximum Gasteiger partial charge on any atom is 0.233 e. The maximum absolute atomic E-state index is 14.1. The summed E-state index contributed by atoms with van der Waals surface area (Å²) in [5, 5.41) is 5.82. The van der Waals surface area contributed by atoms with Gasteiger partial charge in [0.25, 0.3) is 0 Å². The first-order chi connectivity index (χ1) is 15.6. The van der Waals surface area contributed by atoms with Crippen molar-refractivity contribution in [3.8, 4) is 0 Å². The molecule has 8 heteroatoms. The summed E-state index contributed by atoms with van der Waals surface area (Å²) in [5.41, 5.74) is -0.648. The number of hydrogen-bond donors (Lipinski definition) is 0. The van der Waals surface area contributed by atoms with Crippen LogP contribution in [0.15, 0.2) is 65.8 Å². The van der Waals surface area contributed by atoms with E-state index in [1.165, 1.54) is 5.23 Å². The molecule has 0 aliphatic carbocycles. The number of oxime groups is 1. The van der Waals surface area contributed by atoms with Gasteiger partial charge in [0.15, 0.2) is 18.1 Å². The molecule has 0 bridgehead atoms. The van der Waals surface area contributed by atoms with E-state index >= 15 is 0 Å². The zero-order valence-corrected chi connectivity index (χ0v) is 18.1. The number of carbonyl (C=O) groups is 1. The standard InChI is InChI=1S/C24H26N2O6/c1-3-28-19-15-23-21(17-11-7-5-8-12-17)25-32-24(23,22(27)18-13-9-6-10-14-18)16-20(29-4-2)31-26(23)30-19/h5-14,19-20H,3-4,15-16H2,1-2H3/t19-,20+,23+,24-/m0/s1. The molecule has 8 nitrogen and oxygen atoms in total. The van der Waals surface area contributed by atoms with Gasteiger partial charge in [-0.05, 0) is 19.1 Å². The van der Waals surface area contributed by atoms with Gasteiger partial charge in [0.05, 0.1) is 6.42 Å². The van der Waals surface area contributed by atoms with Gasteiger partial charge >= 0.3 is 0 Å². The van der Waals surface area contributed by atoms with E-state index < -0.39 is 23.7 Å². The summed E-state index contributed by atoms with van der Waals surface area (Å²) < 4.78 is 11.6. The third-order valence-electron chi connectivity index (χ3n) is 6.16. The molecule has 3 aliphatic rings. The minimum absolute atomic E-state index is 0.160. The zero-order valence-electron chi connectivity index (χ0n) is 18.1. The molecule has 2 fully saturated rings. The summed E-state index contributed by atoms with van der Waals surface area (Å²) in [6, 6.07) is 18.7. The molecule has 2 aromatic carbocycles. The Balaban J connectivity index is 1.67. The molecule has 0 amide bonds. The molecule has 0 radical (unpaired) electrons. The normalized spacial score (nSPS) is 31.5. The minimum Gasteiger partial charge on any atom is -0.378 e. The van der Waals surface area contributed by atoms with Crippen LogP contribution in [0.5, 0.6) is 0 Å². The number of benzene rings is 2. The molecular formula is C24H26N2O6. The first kappa shape index (κ1) is 21.2. The molecule has 0 aromatic heterocycles. The van der Waals surface area contributed by atoms with E-state index in [4.69, 9.17) is 24.0 Å². The van der Waals surface area contributed by atoms with Crippen LogP contribution >= 0.6 is 0 Å². The second-order valence-electron chi connectivity index (χ2n) is 7.93. The first-order valence-corrected chi connectivity index (χ1v) is 10.9. The highest BCUT2D eigenvalue weighted by molar-refractivity contribution is 6.16. The van der Waals surface area contributed by atoms with Gasteiger partial charge in [0.1, 0.15) is 5.71 Å². The van der Waals surface area contributed by atoms with Crippen molar-refractivity contribution < 1.29 is 28.8 Å². The second-order valence-corrected chi connectivity index (χ2v) is 7.93. The van der Waals surface area contributed by atoms with E-state index in [-0.39, 0.29) is 12.2 Å². The van der Waals surface area contributed by atoms with Gasteiger partial charge in [-0.2, -0.15) is 0 Å². The highest BCUT2D eigenvalue weighted by Crippen LogP contribution is 2.55. The van der Waals surface area contributed by atoms with Gasteiger partial charge in [-0.15, -0.1) is 0 Å². The lowest BCUT2D eigenvalue weighted by Gasteiger charge is -2.48. The summed E-state index contributed by atoms with van der Waals surface area (Å²) in [5.74, 6) is -0.202. The van der Waals surface area contributed by atoms with Gasteiger partial charge < -0.3 is 14.3 Å². The van der Waals surface area contributed by atoms with Crippen molar-refractivity contribution >= 4 is 11.5 Å². The summed E-state index contributed by atoms with van der Waals surface area (Å²) in [6.45, 7) is 4.61. The summed E-state index contributed by atoms with van der Waals surface area (Å²) in [7, 11) is 0. The zero-order chi connectivity index (χ0) is 22.2. The van der Waals surface area contributed by atoms with Crippen LogP contribution in [-0.2, 0) is 24.0 Å². The number of hydrogen-bond acceptors (Lipinski definition) is 8. The number of nitrogens with zero attached hydrogens (tertiary/aromatic N) is 2. The Morgan fingerprint density at radius 3 is 2.19 bits per heavy atom. The Labute approximate surface area is 186 Å². The van der Waals surface area contributed by atoms with Crippen LogP contribution in [0.4, 0.5) is 0 Å². The van der Waals surface area contributed by atoms with Crippen molar-refractivity contribution in [2.24, 2.45) is 5.16 Å². The topological polar surface area (TPSA) is 78.8 Å². The van der Waals surface area contributed by atoms with Gasteiger partial charge in [0.2, 0.25) is 11.4 Å². The van der Waals surface area contributed by atoms with Crippen LogP contribution in [0.25, 0.3) is 0 Å². The van der Waals surface area contributed by atoms with Crippen molar-refractivity contribution in [2.45, 2.75) is 50.4 Å². The van der Waals surface area contributed by atoms with Crippen LogP contribution in [0.3, 0.4) is 0 Å². The van der Waals surface area contributed by atoms with Gasteiger partial charge in [-0.3, -0.25) is 4.79 Å². The van der Waals surface area contributed by atoms with Crippen LogP contribution in [0, 0.1) is 0 Å². The number of hydroxylamine groups is 2. The van der Waals surface area contributed by atoms with E-state index in [0.717, 1.165) is 5.56 Å². The molecule has 2 saturated heterocycles. The molecule has 0 saturated carbocycles. The fourth-order valence-corrected chi connectivity index (χ4v) is 4.79. The fourth-order valence-electron chi connectivity index (χ4n) is 4.79. The van der Waals surface area contributed by atoms with Crippen LogP contribution < -0.4 is 0 Å². The number of ether oxygens (including phenoxy) is 2. The highest BCUT2D eigenvalue weighted by Gasteiger charge is 2.76. The van der Waals surface area contributed by atoms with Crippen molar-refractivity contribution in [2.75, 3.05) is 13.2 Å². The average molecular weight is 438 g/mol. The third kappa shape index (κ3) is 3.10. The lowest BCUT2D eigenvalue weighted by molar-refractivity contribution is -0.471. The van der Waals surface area contributed by atoms with E-state index in [9.17, 15) is 4.79 Å². The highest BCUT2D eigenvalue weighted by atomic mass is 17.0. The quantitative estimate of drug-likeness (QED) is 0.613.